The Bertz CT molecular complexity index is 550. The van der Waals surface area contributed by atoms with E-state index in [4.69, 9.17) is 10.5 Å². The van der Waals surface area contributed by atoms with E-state index >= 15 is 0 Å². The fraction of sp³-hybridized carbons (Fsp3) is 0.417. The third kappa shape index (κ3) is 2.48. The number of fused-ring (bicyclic) bond motifs is 1. The largest absolute Gasteiger partial charge is 0.462 e. The zero-order valence-electron chi connectivity index (χ0n) is 10.3. The molecule has 2 aromatic rings. The molecule has 0 aromatic carbocycles. The quantitative estimate of drug-likeness (QED) is 0.791. The van der Waals surface area contributed by atoms with Crippen molar-refractivity contribution >= 4 is 11.6 Å². The molecule has 6 heteroatoms. The normalized spacial score (nSPS) is 10.8. The van der Waals surface area contributed by atoms with E-state index < -0.39 is 5.97 Å². The van der Waals surface area contributed by atoms with Gasteiger partial charge in [-0.3, -0.25) is 0 Å². The summed E-state index contributed by atoms with van der Waals surface area (Å²) in [5, 5.41) is 4.07. The summed E-state index contributed by atoms with van der Waals surface area (Å²) in [5.74, 6) is -0.393. The predicted octanol–water partition coefficient (Wildman–Crippen LogP) is 0.797. The van der Waals surface area contributed by atoms with Gasteiger partial charge in [0.15, 0.2) is 5.65 Å². The number of ether oxygens (including phenoxy) is 1. The molecule has 0 saturated heterocycles. The summed E-state index contributed by atoms with van der Waals surface area (Å²) < 4.78 is 6.53. The molecule has 0 atom stereocenters. The minimum Gasteiger partial charge on any atom is -0.462 e. The number of carbonyl (C=O) groups is 1. The highest BCUT2D eigenvalue weighted by Crippen LogP contribution is 2.11. The molecule has 0 fully saturated rings. The number of nitrogens with zero attached hydrogens (tertiary/aromatic N) is 3. The fourth-order valence-corrected chi connectivity index (χ4v) is 1.68. The summed E-state index contributed by atoms with van der Waals surface area (Å²) in [7, 11) is 0. The highest BCUT2D eigenvalue weighted by Gasteiger charge is 2.15. The molecule has 2 rings (SSSR count). The third-order valence-electron chi connectivity index (χ3n) is 2.56. The zero-order valence-corrected chi connectivity index (χ0v) is 10.3. The molecule has 2 heterocycles. The standard InChI is InChI=1S/C12H16N4O2/c1-2-18-12(17)10-8-14-16-7-5-9(4-3-6-13)15-11(10)16/h5,7-8H,2-4,6,13H2,1H3. The second kappa shape index (κ2) is 5.59. The number of aromatic nitrogens is 3. The summed E-state index contributed by atoms with van der Waals surface area (Å²) in [4.78, 5) is 16.1. The Balaban J connectivity index is 2.33. The number of carbonyl (C=O) groups excluding carboxylic acids is 1. The number of aryl methyl sites for hydroxylation is 1. The molecule has 0 saturated carbocycles. The second-order valence-electron chi connectivity index (χ2n) is 3.86. The lowest BCUT2D eigenvalue weighted by atomic mass is 10.2. The van der Waals surface area contributed by atoms with Crippen molar-refractivity contribution in [1.29, 1.82) is 0 Å². The smallest absolute Gasteiger partial charge is 0.343 e. The van der Waals surface area contributed by atoms with Gasteiger partial charge < -0.3 is 10.5 Å². The maximum Gasteiger partial charge on any atom is 0.343 e. The fourth-order valence-electron chi connectivity index (χ4n) is 1.68. The molecular formula is C12H16N4O2. The van der Waals surface area contributed by atoms with Crippen LogP contribution in [0.1, 0.15) is 29.4 Å². The topological polar surface area (TPSA) is 82.5 Å². The van der Waals surface area contributed by atoms with Crippen molar-refractivity contribution in [3.05, 3.63) is 29.7 Å². The Labute approximate surface area is 105 Å². The van der Waals surface area contributed by atoms with E-state index in [9.17, 15) is 4.79 Å². The molecule has 0 aliphatic carbocycles. The van der Waals surface area contributed by atoms with Crippen molar-refractivity contribution in [2.75, 3.05) is 13.2 Å². The van der Waals surface area contributed by atoms with Gasteiger partial charge in [-0.05, 0) is 32.4 Å². The van der Waals surface area contributed by atoms with Crippen molar-refractivity contribution in [2.24, 2.45) is 5.73 Å². The van der Waals surface area contributed by atoms with Crippen LogP contribution >= 0.6 is 0 Å². The molecule has 0 spiro atoms. The van der Waals surface area contributed by atoms with E-state index in [1.165, 1.54) is 6.20 Å². The summed E-state index contributed by atoms with van der Waals surface area (Å²) in [6.45, 7) is 2.73. The number of hydrogen-bond acceptors (Lipinski definition) is 5. The molecule has 0 aliphatic rings. The maximum atomic E-state index is 11.7. The van der Waals surface area contributed by atoms with Crippen LogP contribution in [0.3, 0.4) is 0 Å². The van der Waals surface area contributed by atoms with E-state index in [0.717, 1.165) is 18.5 Å². The molecule has 0 bridgehead atoms. The highest BCUT2D eigenvalue weighted by atomic mass is 16.5. The lowest BCUT2D eigenvalue weighted by Gasteiger charge is -2.02. The highest BCUT2D eigenvalue weighted by molar-refractivity contribution is 5.95. The van der Waals surface area contributed by atoms with Crippen LogP contribution in [0.15, 0.2) is 18.5 Å². The average molecular weight is 248 g/mol. The van der Waals surface area contributed by atoms with Crippen LogP contribution in [0, 0.1) is 0 Å². The Hall–Kier alpha value is -1.95. The van der Waals surface area contributed by atoms with E-state index in [0.29, 0.717) is 24.4 Å². The molecule has 6 nitrogen and oxygen atoms in total. The molecule has 2 N–H and O–H groups in total. The van der Waals surface area contributed by atoms with Crippen LogP contribution in [0.2, 0.25) is 0 Å². The summed E-state index contributed by atoms with van der Waals surface area (Å²) in [6, 6.07) is 1.88. The van der Waals surface area contributed by atoms with Gasteiger partial charge in [0.25, 0.3) is 0 Å². The Morgan fingerprint density at radius 3 is 3.11 bits per heavy atom. The maximum absolute atomic E-state index is 11.7. The Morgan fingerprint density at radius 2 is 2.39 bits per heavy atom. The van der Waals surface area contributed by atoms with Gasteiger partial charge >= 0.3 is 5.97 Å². The average Bonchev–Trinajstić information content (AvgIpc) is 2.79. The SMILES string of the molecule is CCOC(=O)c1cnn2ccc(CCCN)nc12. The molecule has 2 aromatic heterocycles. The first-order valence-corrected chi connectivity index (χ1v) is 5.96. The van der Waals surface area contributed by atoms with E-state index in [2.05, 4.69) is 10.1 Å². The molecule has 0 amide bonds. The summed E-state index contributed by atoms with van der Waals surface area (Å²) in [5.41, 5.74) is 7.29. The molecular weight excluding hydrogens is 232 g/mol. The number of rotatable bonds is 5. The number of hydrogen-bond donors (Lipinski definition) is 1. The van der Waals surface area contributed by atoms with Gasteiger partial charge in [-0.25, -0.2) is 14.3 Å². The Kier molecular flexibility index (Phi) is 3.88. The van der Waals surface area contributed by atoms with Gasteiger partial charge in [-0.15, -0.1) is 0 Å². The van der Waals surface area contributed by atoms with E-state index in [-0.39, 0.29) is 0 Å². The van der Waals surface area contributed by atoms with Gasteiger partial charge in [0.1, 0.15) is 5.56 Å². The van der Waals surface area contributed by atoms with Gasteiger partial charge in [0, 0.05) is 11.9 Å². The summed E-state index contributed by atoms with van der Waals surface area (Å²) >= 11 is 0. The van der Waals surface area contributed by atoms with Crippen LogP contribution in [-0.2, 0) is 11.2 Å². The van der Waals surface area contributed by atoms with Crippen molar-refractivity contribution in [1.82, 2.24) is 14.6 Å². The third-order valence-corrected chi connectivity index (χ3v) is 2.56. The number of esters is 1. The first-order valence-electron chi connectivity index (χ1n) is 5.96. The van der Waals surface area contributed by atoms with E-state index in [1.54, 1.807) is 17.6 Å². The van der Waals surface area contributed by atoms with Crippen LogP contribution in [0.25, 0.3) is 5.65 Å². The van der Waals surface area contributed by atoms with Crippen molar-refractivity contribution in [3.8, 4) is 0 Å². The monoisotopic (exact) mass is 248 g/mol. The molecule has 18 heavy (non-hydrogen) atoms. The summed E-state index contributed by atoms with van der Waals surface area (Å²) in [6.07, 6.45) is 4.93. The molecule has 0 unspecified atom stereocenters. The van der Waals surface area contributed by atoms with Crippen LogP contribution in [-0.4, -0.2) is 33.7 Å². The first-order chi connectivity index (χ1) is 8.76. The predicted molar refractivity (Wildman–Crippen MR) is 66.3 cm³/mol. The zero-order chi connectivity index (χ0) is 13.0. The van der Waals surface area contributed by atoms with Gasteiger partial charge in [-0.1, -0.05) is 0 Å². The number of nitrogens with two attached hydrogens (primary N) is 1. The minimum atomic E-state index is -0.393. The Morgan fingerprint density at radius 1 is 1.56 bits per heavy atom. The van der Waals surface area contributed by atoms with Crippen molar-refractivity contribution < 1.29 is 9.53 Å². The lowest BCUT2D eigenvalue weighted by molar-refractivity contribution is 0.0528. The van der Waals surface area contributed by atoms with Crippen LogP contribution < -0.4 is 5.73 Å². The first kappa shape index (κ1) is 12.5. The van der Waals surface area contributed by atoms with Gasteiger partial charge in [-0.2, -0.15) is 5.10 Å². The van der Waals surface area contributed by atoms with Crippen molar-refractivity contribution in [3.63, 3.8) is 0 Å². The lowest BCUT2D eigenvalue weighted by Crippen LogP contribution is -2.06. The van der Waals surface area contributed by atoms with Crippen LogP contribution in [0.5, 0.6) is 0 Å². The molecule has 0 aliphatic heterocycles. The molecule has 0 radical (unpaired) electrons. The second-order valence-corrected chi connectivity index (χ2v) is 3.86. The van der Waals surface area contributed by atoms with E-state index in [1.807, 2.05) is 6.07 Å². The van der Waals surface area contributed by atoms with Crippen LogP contribution in [0.4, 0.5) is 0 Å². The van der Waals surface area contributed by atoms with Gasteiger partial charge in [0.2, 0.25) is 0 Å². The van der Waals surface area contributed by atoms with Crippen molar-refractivity contribution in [2.45, 2.75) is 19.8 Å². The minimum absolute atomic E-state index is 0.336. The van der Waals surface area contributed by atoms with Gasteiger partial charge in [0.05, 0.1) is 12.8 Å². The molecule has 96 valence electrons.